The average Bonchev–Trinajstić information content (AvgIpc) is 3.33. The molecule has 4 aromatic rings. The number of benzene rings is 3. The SMILES string of the molecule is Cc1cc(=O)n(Cc2ccccc2F)c2cc(OCC(=O)NCc3ccc4c(c3)OCO4)ccc12. The van der Waals surface area contributed by atoms with Gasteiger partial charge in [-0.15, -0.1) is 0 Å². The lowest BCUT2D eigenvalue weighted by molar-refractivity contribution is -0.123. The summed E-state index contributed by atoms with van der Waals surface area (Å²) in [6.07, 6.45) is 0. The topological polar surface area (TPSA) is 78.8 Å². The highest BCUT2D eigenvalue weighted by Crippen LogP contribution is 2.32. The van der Waals surface area contributed by atoms with Crippen molar-refractivity contribution in [2.24, 2.45) is 0 Å². The fourth-order valence-electron chi connectivity index (χ4n) is 4.03. The minimum absolute atomic E-state index is 0.0851. The zero-order chi connectivity index (χ0) is 24.4. The summed E-state index contributed by atoms with van der Waals surface area (Å²) in [6, 6.07) is 18.7. The summed E-state index contributed by atoms with van der Waals surface area (Å²) in [5, 5.41) is 3.66. The van der Waals surface area contributed by atoms with E-state index in [2.05, 4.69) is 5.32 Å². The number of ether oxygens (including phenoxy) is 3. The Labute approximate surface area is 200 Å². The lowest BCUT2D eigenvalue weighted by Crippen LogP contribution is -2.28. The molecule has 0 spiro atoms. The molecule has 0 unspecified atom stereocenters. The molecule has 5 rings (SSSR count). The van der Waals surface area contributed by atoms with Gasteiger partial charge in [-0.1, -0.05) is 24.3 Å². The molecular weight excluding hydrogens is 451 g/mol. The van der Waals surface area contributed by atoms with Crippen LogP contribution in [0.2, 0.25) is 0 Å². The highest BCUT2D eigenvalue weighted by Gasteiger charge is 2.14. The van der Waals surface area contributed by atoms with E-state index in [9.17, 15) is 14.0 Å². The smallest absolute Gasteiger partial charge is 0.258 e. The Morgan fingerprint density at radius 3 is 2.74 bits per heavy atom. The maximum absolute atomic E-state index is 14.2. The van der Waals surface area contributed by atoms with Crippen molar-refractivity contribution in [1.29, 1.82) is 0 Å². The second-order valence-corrected chi connectivity index (χ2v) is 8.28. The summed E-state index contributed by atoms with van der Waals surface area (Å²) in [7, 11) is 0. The van der Waals surface area contributed by atoms with E-state index in [1.54, 1.807) is 36.4 Å². The molecule has 0 aliphatic carbocycles. The quantitative estimate of drug-likeness (QED) is 0.439. The number of hydrogen-bond acceptors (Lipinski definition) is 5. The Morgan fingerprint density at radius 1 is 1.06 bits per heavy atom. The maximum Gasteiger partial charge on any atom is 0.258 e. The van der Waals surface area contributed by atoms with Crippen LogP contribution in [0.5, 0.6) is 17.2 Å². The van der Waals surface area contributed by atoms with Crippen molar-refractivity contribution in [3.63, 3.8) is 0 Å². The minimum atomic E-state index is -0.375. The van der Waals surface area contributed by atoms with Crippen molar-refractivity contribution in [2.75, 3.05) is 13.4 Å². The van der Waals surface area contributed by atoms with Gasteiger partial charge in [0.05, 0.1) is 12.1 Å². The predicted molar refractivity (Wildman–Crippen MR) is 128 cm³/mol. The molecule has 0 atom stereocenters. The summed E-state index contributed by atoms with van der Waals surface area (Å²) in [5.74, 6) is 1.10. The van der Waals surface area contributed by atoms with Crippen LogP contribution in [0, 0.1) is 12.7 Å². The number of aryl methyl sites for hydroxylation is 1. The number of nitrogens with zero attached hydrogens (tertiary/aromatic N) is 1. The summed E-state index contributed by atoms with van der Waals surface area (Å²) < 4.78 is 32.1. The Bertz CT molecular complexity index is 1480. The molecule has 3 aromatic carbocycles. The van der Waals surface area contributed by atoms with Crippen molar-refractivity contribution in [3.8, 4) is 17.2 Å². The van der Waals surface area contributed by atoms with Crippen LogP contribution in [0.15, 0.2) is 71.5 Å². The third-order valence-electron chi connectivity index (χ3n) is 5.87. The van der Waals surface area contributed by atoms with E-state index < -0.39 is 0 Å². The molecule has 1 aliphatic rings. The second-order valence-electron chi connectivity index (χ2n) is 8.28. The predicted octanol–water partition coefficient (Wildman–Crippen LogP) is 3.92. The number of rotatable bonds is 7. The Hall–Kier alpha value is -4.33. The van der Waals surface area contributed by atoms with E-state index in [0.717, 1.165) is 16.5 Å². The molecule has 0 bridgehead atoms. The van der Waals surface area contributed by atoms with Gasteiger partial charge in [-0.25, -0.2) is 4.39 Å². The van der Waals surface area contributed by atoms with Gasteiger partial charge in [-0.2, -0.15) is 0 Å². The molecule has 1 amide bonds. The van der Waals surface area contributed by atoms with Crippen LogP contribution >= 0.6 is 0 Å². The first-order valence-electron chi connectivity index (χ1n) is 11.1. The Balaban J connectivity index is 1.30. The van der Waals surface area contributed by atoms with Crippen LogP contribution in [0.1, 0.15) is 16.7 Å². The molecule has 1 N–H and O–H groups in total. The van der Waals surface area contributed by atoms with Gasteiger partial charge >= 0.3 is 0 Å². The van der Waals surface area contributed by atoms with Crippen LogP contribution < -0.4 is 25.1 Å². The van der Waals surface area contributed by atoms with E-state index in [4.69, 9.17) is 14.2 Å². The third-order valence-corrected chi connectivity index (χ3v) is 5.87. The van der Waals surface area contributed by atoms with Crippen LogP contribution in [0.3, 0.4) is 0 Å². The number of aromatic nitrogens is 1. The number of nitrogens with one attached hydrogen (secondary N) is 1. The van der Waals surface area contributed by atoms with Crippen LogP contribution in [0.4, 0.5) is 4.39 Å². The number of hydrogen-bond donors (Lipinski definition) is 1. The highest BCUT2D eigenvalue weighted by atomic mass is 19.1. The van der Waals surface area contributed by atoms with Gasteiger partial charge in [0.15, 0.2) is 18.1 Å². The summed E-state index contributed by atoms with van der Waals surface area (Å²) in [6.45, 7) is 2.25. The van der Waals surface area contributed by atoms with E-state index in [1.807, 2.05) is 25.1 Å². The molecule has 0 saturated carbocycles. The molecule has 35 heavy (non-hydrogen) atoms. The van der Waals surface area contributed by atoms with Crippen molar-refractivity contribution in [3.05, 3.63) is 99.6 Å². The van der Waals surface area contributed by atoms with Gasteiger partial charge in [0, 0.05) is 29.6 Å². The fourth-order valence-corrected chi connectivity index (χ4v) is 4.03. The van der Waals surface area contributed by atoms with Gasteiger partial charge in [-0.05, 0) is 48.4 Å². The number of amides is 1. The number of carbonyl (C=O) groups excluding carboxylic acids is 1. The normalized spacial score (nSPS) is 12.1. The van der Waals surface area contributed by atoms with Crippen LogP contribution in [0.25, 0.3) is 10.9 Å². The van der Waals surface area contributed by atoms with Gasteiger partial charge in [-0.3, -0.25) is 9.59 Å². The molecule has 0 saturated heterocycles. The highest BCUT2D eigenvalue weighted by molar-refractivity contribution is 5.84. The Morgan fingerprint density at radius 2 is 1.89 bits per heavy atom. The van der Waals surface area contributed by atoms with Crippen molar-refractivity contribution < 1.29 is 23.4 Å². The molecule has 7 nitrogen and oxygen atoms in total. The Kier molecular flexibility index (Phi) is 6.10. The zero-order valence-electron chi connectivity index (χ0n) is 19.0. The molecule has 178 valence electrons. The number of carbonyl (C=O) groups is 1. The van der Waals surface area contributed by atoms with Crippen LogP contribution in [-0.2, 0) is 17.9 Å². The first-order valence-corrected chi connectivity index (χ1v) is 11.1. The molecular formula is C27H23FN2O5. The van der Waals surface area contributed by atoms with Crippen molar-refractivity contribution in [1.82, 2.24) is 9.88 Å². The minimum Gasteiger partial charge on any atom is -0.484 e. The van der Waals surface area contributed by atoms with Gasteiger partial charge in [0.1, 0.15) is 11.6 Å². The first-order chi connectivity index (χ1) is 17.0. The van der Waals surface area contributed by atoms with E-state index in [0.29, 0.717) is 34.9 Å². The van der Waals surface area contributed by atoms with E-state index >= 15 is 0 Å². The fraction of sp³-hybridized carbons (Fsp3) is 0.185. The molecule has 1 aliphatic heterocycles. The van der Waals surface area contributed by atoms with E-state index in [-0.39, 0.29) is 37.2 Å². The van der Waals surface area contributed by atoms with Gasteiger partial charge < -0.3 is 24.1 Å². The standard InChI is InChI=1S/C27H23FN2O5/c1-17-10-27(32)30(14-19-4-2-3-5-22(19)28)23-12-20(7-8-21(17)23)33-15-26(31)29-13-18-6-9-24-25(11-18)35-16-34-24/h2-12H,13-16H2,1H3,(H,29,31). The van der Waals surface area contributed by atoms with Crippen molar-refractivity contribution >= 4 is 16.8 Å². The lowest BCUT2D eigenvalue weighted by atomic mass is 10.1. The molecule has 0 fully saturated rings. The molecule has 8 heteroatoms. The number of pyridine rings is 1. The summed E-state index contributed by atoms with van der Waals surface area (Å²) in [4.78, 5) is 25.1. The molecule has 2 heterocycles. The second kappa shape index (κ2) is 9.50. The zero-order valence-corrected chi connectivity index (χ0v) is 19.0. The first kappa shape index (κ1) is 22.5. The maximum atomic E-state index is 14.2. The third kappa shape index (κ3) is 4.82. The summed E-state index contributed by atoms with van der Waals surface area (Å²) in [5.41, 5.74) is 2.46. The van der Waals surface area contributed by atoms with Gasteiger partial charge in [0.2, 0.25) is 6.79 Å². The lowest BCUT2D eigenvalue weighted by Gasteiger charge is -2.14. The van der Waals surface area contributed by atoms with E-state index in [1.165, 1.54) is 16.7 Å². The number of halogens is 1. The average molecular weight is 474 g/mol. The molecule has 0 radical (unpaired) electrons. The largest absolute Gasteiger partial charge is 0.484 e. The number of fused-ring (bicyclic) bond motifs is 2. The monoisotopic (exact) mass is 474 g/mol. The van der Waals surface area contributed by atoms with Crippen molar-refractivity contribution in [2.45, 2.75) is 20.0 Å². The molecule has 1 aromatic heterocycles. The van der Waals surface area contributed by atoms with Gasteiger partial charge in [0.25, 0.3) is 11.5 Å². The summed E-state index contributed by atoms with van der Waals surface area (Å²) >= 11 is 0. The van der Waals surface area contributed by atoms with Crippen LogP contribution in [-0.4, -0.2) is 23.9 Å².